The average molecular weight is 498 g/mol. The van der Waals surface area contributed by atoms with Gasteiger partial charge >= 0.3 is 0 Å². The molecule has 1 aromatic carbocycles. The molecule has 0 aliphatic carbocycles. The van der Waals surface area contributed by atoms with Gasteiger partial charge in [-0.2, -0.15) is 5.10 Å². The molecule has 3 heterocycles. The minimum absolute atomic E-state index is 0. The van der Waals surface area contributed by atoms with Gasteiger partial charge in [-0.05, 0) is 30.7 Å². The number of ether oxygens (including phenoxy) is 2. The van der Waals surface area contributed by atoms with E-state index in [-0.39, 0.29) is 24.0 Å². The van der Waals surface area contributed by atoms with Crippen LogP contribution in [0.15, 0.2) is 35.5 Å². The molecule has 0 saturated carbocycles. The zero-order valence-electron chi connectivity index (χ0n) is 16.1. The lowest BCUT2D eigenvalue weighted by Crippen LogP contribution is -2.52. The molecule has 1 saturated heterocycles. The molecule has 2 aliphatic rings. The largest absolute Gasteiger partial charge is 0.454 e. The fourth-order valence-electron chi connectivity index (χ4n) is 3.37. The van der Waals surface area contributed by atoms with E-state index in [4.69, 9.17) is 14.5 Å². The second-order valence-corrected chi connectivity index (χ2v) is 6.70. The Morgan fingerprint density at radius 3 is 2.75 bits per heavy atom. The van der Waals surface area contributed by atoms with Crippen LogP contribution in [-0.2, 0) is 13.1 Å². The number of fused-ring (bicyclic) bond motifs is 1. The van der Waals surface area contributed by atoms with Gasteiger partial charge in [0.25, 0.3) is 0 Å². The molecule has 0 bridgehead atoms. The van der Waals surface area contributed by atoms with Gasteiger partial charge in [0, 0.05) is 45.5 Å². The lowest BCUT2D eigenvalue weighted by molar-refractivity contribution is 0.171. The van der Waals surface area contributed by atoms with Gasteiger partial charge in [-0.3, -0.25) is 10.00 Å². The van der Waals surface area contributed by atoms with Crippen molar-refractivity contribution in [3.05, 3.63) is 41.7 Å². The van der Waals surface area contributed by atoms with E-state index in [0.29, 0.717) is 13.3 Å². The number of piperazine rings is 1. The maximum absolute atomic E-state index is 5.48. The summed E-state index contributed by atoms with van der Waals surface area (Å²) >= 11 is 0. The third-order valence-corrected chi connectivity index (χ3v) is 4.81. The molecule has 0 unspecified atom stereocenters. The van der Waals surface area contributed by atoms with Crippen LogP contribution < -0.4 is 14.8 Å². The van der Waals surface area contributed by atoms with Crippen molar-refractivity contribution in [3.63, 3.8) is 0 Å². The number of hydrogen-bond donors (Lipinski definition) is 2. The topological polar surface area (TPSA) is 78.0 Å². The van der Waals surface area contributed by atoms with Gasteiger partial charge in [0.15, 0.2) is 17.5 Å². The second-order valence-electron chi connectivity index (χ2n) is 6.70. The highest BCUT2D eigenvalue weighted by molar-refractivity contribution is 14.0. The molecule has 8 nitrogen and oxygen atoms in total. The molecule has 1 aromatic heterocycles. The van der Waals surface area contributed by atoms with Gasteiger partial charge in [0.1, 0.15) is 0 Å². The van der Waals surface area contributed by atoms with E-state index in [0.717, 1.165) is 62.4 Å². The van der Waals surface area contributed by atoms with Crippen LogP contribution >= 0.6 is 24.0 Å². The van der Waals surface area contributed by atoms with Crippen LogP contribution in [0.4, 0.5) is 0 Å². The van der Waals surface area contributed by atoms with Crippen LogP contribution in [0.25, 0.3) is 0 Å². The number of hydrogen-bond acceptors (Lipinski definition) is 5. The van der Waals surface area contributed by atoms with Crippen molar-refractivity contribution in [1.29, 1.82) is 0 Å². The fraction of sp³-hybridized carbons (Fsp3) is 0.474. The number of halogens is 1. The van der Waals surface area contributed by atoms with Crippen LogP contribution in [0.5, 0.6) is 11.5 Å². The quantitative estimate of drug-likeness (QED) is 0.374. The molecule has 0 atom stereocenters. The summed E-state index contributed by atoms with van der Waals surface area (Å²) in [6, 6.07) is 8.16. The lowest BCUT2D eigenvalue weighted by Gasteiger charge is -2.36. The fourth-order valence-corrected chi connectivity index (χ4v) is 3.37. The molecule has 0 radical (unpaired) electrons. The summed E-state index contributed by atoms with van der Waals surface area (Å²) in [5, 5.41) is 10.3. The molecular weight excluding hydrogens is 471 g/mol. The predicted octanol–water partition coefficient (Wildman–Crippen LogP) is 2.04. The SMILES string of the molecule is CCNC(=NCc1ccn[nH]1)N1CCN(Cc2ccc3c(c2)OCO3)CC1.I. The monoisotopic (exact) mass is 498 g/mol. The van der Waals surface area contributed by atoms with Crippen LogP contribution in [-0.4, -0.2) is 65.5 Å². The van der Waals surface area contributed by atoms with Gasteiger partial charge in [-0.1, -0.05) is 6.07 Å². The van der Waals surface area contributed by atoms with Crippen molar-refractivity contribution in [3.8, 4) is 11.5 Å². The Morgan fingerprint density at radius 2 is 2.00 bits per heavy atom. The number of H-pyrrole nitrogens is 1. The average Bonchev–Trinajstić information content (AvgIpc) is 3.37. The Bertz CT molecular complexity index is 775. The number of guanidine groups is 1. The number of aromatic nitrogens is 2. The molecule has 0 spiro atoms. The molecule has 9 heteroatoms. The summed E-state index contributed by atoms with van der Waals surface area (Å²) in [5.41, 5.74) is 2.28. The number of nitrogens with one attached hydrogen (secondary N) is 2. The van der Waals surface area contributed by atoms with Crippen molar-refractivity contribution >= 4 is 29.9 Å². The number of benzene rings is 1. The maximum Gasteiger partial charge on any atom is 0.231 e. The minimum atomic E-state index is 0. The highest BCUT2D eigenvalue weighted by Gasteiger charge is 2.21. The molecule has 28 heavy (non-hydrogen) atoms. The molecule has 2 aromatic rings. The van der Waals surface area contributed by atoms with Gasteiger partial charge in [-0.25, -0.2) is 4.99 Å². The zero-order chi connectivity index (χ0) is 18.5. The number of nitrogens with zero attached hydrogens (tertiary/aromatic N) is 4. The predicted molar refractivity (Wildman–Crippen MR) is 118 cm³/mol. The van der Waals surface area contributed by atoms with E-state index in [1.807, 2.05) is 12.1 Å². The molecule has 2 aliphatic heterocycles. The highest BCUT2D eigenvalue weighted by atomic mass is 127. The molecule has 0 amide bonds. The Kier molecular flexibility index (Phi) is 7.37. The number of rotatable bonds is 5. The van der Waals surface area contributed by atoms with Crippen molar-refractivity contribution in [2.75, 3.05) is 39.5 Å². The van der Waals surface area contributed by atoms with Crippen molar-refractivity contribution in [2.24, 2.45) is 4.99 Å². The summed E-state index contributed by atoms with van der Waals surface area (Å²) in [6.45, 7) is 8.74. The Labute approximate surface area is 182 Å². The normalized spacial score (nSPS) is 16.8. The van der Waals surface area contributed by atoms with E-state index in [2.05, 4.69) is 44.4 Å². The van der Waals surface area contributed by atoms with E-state index in [1.165, 1.54) is 5.56 Å². The van der Waals surface area contributed by atoms with Crippen molar-refractivity contribution in [1.82, 2.24) is 25.3 Å². The minimum Gasteiger partial charge on any atom is -0.454 e. The van der Waals surface area contributed by atoms with Crippen LogP contribution in [0, 0.1) is 0 Å². The van der Waals surface area contributed by atoms with Gasteiger partial charge in [-0.15, -0.1) is 24.0 Å². The van der Waals surface area contributed by atoms with Crippen LogP contribution in [0.1, 0.15) is 18.2 Å². The summed E-state index contributed by atoms with van der Waals surface area (Å²) in [5.74, 6) is 2.66. The van der Waals surface area contributed by atoms with E-state index in [1.54, 1.807) is 6.20 Å². The summed E-state index contributed by atoms with van der Waals surface area (Å²) in [4.78, 5) is 9.53. The van der Waals surface area contributed by atoms with Crippen molar-refractivity contribution < 1.29 is 9.47 Å². The second kappa shape index (κ2) is 9.97. The third-order valence-electron chi connectivity index (χ3n) is 4.81. The third kappa shape index (κ3) is 5.07. The molecular formula is C19H27IN6O2. The highest BCUT2D eigenvalue weighted by Crippen LogP contribution is 2.32. The number of aromatic amines is 1. The summed E-state index contributed by atoms with van der Waals surface area (Å²) in [7, 11) is 0. The van der Waals surface area contributed by atoms with E-state index in [9.17, 15) is 0 Å². The number of aliphatic imine (C=N–C) groups is 1. The standard InChI is InChI=1S/C19H26N6O2.HI/c1-2-20-19(21-12-16-5-6-22-23-16)25-9-7-24(8-10-25)13-15-3-4-17-18(11-15)27-14-26-17;/h3-6,11H,2,7-10,12-14H2,1H3,(H,20,21)(H,22,23);1H. The molecule has 152 valence electrons. The smallest absolute Gasteiger partial charge is 0.231 e. The Balaban J connectivity index is 0.00000225. The molecule has 2 N–H and O–H groups in total. The van der Waals surface area contributed by atoms with Gasteiger partial charge in [0.2, 0.25) is 6.79 Å². The maximum atomic E-state index is 5.48. The van der Waals surface area contributed by atoms with E-state index < -0.39 is 0 Å². The lowest BCUT2D eigenvalue weighted by atomic mass is 10.1. The summed E-state index contributed by atoms with van der Waals surface area (Å²) in [6.07, 6.45) is 1.76. The first kappa shape index (κ1) is 20.7. The zero-order valence-corrected chi connectivity index (χ0v) is 18.4. The van der Waals surface area contributed by atoms with Crippen LogP contribution in [0.2, 0.25) is 0 Å². The van der Waals surface area contributed by atoms with Crippen LogP contribution in [0.3, 0.4) is 0 Å². The van der Waals surface area contributed by atoms with E-state index >= 15 is 0 Å². The Hall–Kier alpha value is -2.01. The first-order valence-electron chi connectivity index (χ1n) is 9.44. The first-order chi connectivity index (χ1) is 13.3. The Morgan fingerprint density at radius 1 is 1.18 bits per heavy atom. The van der Waals surface area contributed by atoms with Gasteiger partial charge < -0.3 is 19.7 Å². The van der Waals surface area contributed by atoms with Crippen molar-refractivity contribution in [2.45, 2.75) is 20.0 Å². The summed E-state index contributed by atoms with van der Waals surface area (Å²) < 4.78 is 10.9. The molecule has 4 rings (SSSR count). The molecule has 1 fully saturated rings. The first-order valence-corrected chi connectivity index (χ1v) is 9.44. The van der Waals surface area contributed by atoms with Gasteiger partial charge in [0.05, 0.1) is 12.2 Å².